The lowest BCUT2D eigenvalue weighted by atomic mass is 9.89. The number of hydrogen-bond acceptors (Lipinski definition) is 2. The molecule has 0 amide bonds. The van der Waals surface area contributed by atoms with E-state index in [1.807, 2.05) is 6.07 Å². The SMILES string of the molecule is CC(C)(C)N1C[C@H](c2ccc(-c3ccccc3)cc2)[C@@H](C#N)C1. The Bertz CT molecular complexity index is 689. The van der Waals surface area contributed by atoms with Crippen LogP contribution in [0.15, 0.2) is 54.6 Å². The number of hydrogen-bond donors (Lipinski definition) is 0. The number of likely N-dealkylation sites (tertiary alicyclic amines) is 1. The van der Waals surface area contributed by atoms with Crippen molar-refractivity contribution < 1.29 is 0 Å². The summed E-state index contributed by atoms with van der Waals surface area (Å²) in [6.45, 7) is 8.50. The maximum atomic E-state index is 9.54. The Morgan fingerprint density at radius 3 is 2.09 bits per heavy atom. The zero-order valence-electron chi connectivity index (χ0n) is 14.2. The Kier molecular flexibility index (Phi) is 4.24. The lowest BCUT2D eigenvalue weighted by Gasteiger charge is -2.31. The Morgan fingerprint density at radius 2 is 1.52 bits per heavy atom. The molecule has 1 heterocycles. The molecule has 1 saturated heterocycles. The zero-order chi connectivity index (χ0) is 16.4. The first-order valence-electron chi connectivity index (χ1n) is 8.29. The first-order valence-corrected chi connectivity index (χ1v) is 8.29. The molecular formula is C21H24N2. The minimum absolute atomic E-state index is 0.0804. The van der Waals surface area contributed by atoms with Crippen LogP contribution < -0.4 is 0 Å². The topological polar surface area (TPSA) is 27.0 Å². The van der Waals surface area contributed by atoms with Crippen LogP contribution in [0.3, 0.4) is 0 Å². The van der Waals surface area contributed by atoms with E-state index in [2.05, 4.69) is 80.3 Å². The minimum Gasteiger partial charge on any atom is -0.297 e. The normalized spacial score (nSPS) is 22.0. The summed E-state index contributed by atoms with van der Waals surface area (Å²) < 4.78 is 0. The monoisotopic (exact) mass is 304 g/mol. The number of nitrogens with zero attached hydrogens (tertiary/aromatic N) is 2. The van der Waals surface area contributed by atoms with Crippen molar-refractivity contribution >= 4 is 0 Å². The Balaban J connectivity index is 1.83. The molecule has 2 nitrogen and oxygen atoms in total. The predicted molar refractivity (Wildman–Crippen MR) is 95.0 cm³/mol. The molecule has 0 N–H and O–H groups in total. The molecule has 0 aliphatic carbocycles. The molecular weight excluding hydrogens is 280 g/mol. The van der Waals surface area contributed by atoms with E-state index >= 15 is 0 Å². The smallest absolute Gasteiger partial charge is 0.0676 e. The molecule has 23 heavy (non-hydrogen) atoms. The van der Waals surface area contributed by atoms with E-state index in [-0.39, 0.29) is 11.5 Å². The molecule has 1 aliphatic heterocycles. The third-order valence-corrected chi connectivity index (χ3v) is 4.88. The average Bonchev–Trinajstić information content (AvgIpc) is 3.00. The van der Waals surface area contributed by atoms with Gasteiger partial charge in [0.05, 0.1) is 12.0 Å². The van der Waals surface area contributed by atoms with Crippen LogP contribution in [0.4, 0.5) is 0 Å². The standard InChI is InChI=1S/C21H24N2/c1-21(2,3)23-14-19(13-22)20(15-23)18-11-9-17(10-12-18)16-7-5-4-6-8-16/h4-12,19-20H,14-15H2,1-3H3/t19-,20+/m0/s1. The molecule has 2 atom stereocenters. The Labute approximate surface area is 139 Å². The van der Waals surface area contributed by atoms with Gasteiger partial charge in [-0.3, -0.25) is 4.90 Å². The summed E-state index contributed by atoms with van der Waals surface area (Å²) in [5, 5.41) is 9.54. The molecule has 0 saturated carbocycles. The highest BCUT2D eigenvalue weighted by Gasteiger charge is 2.38. The maximum absolute atomic E-state index is 9.54. The van der Waals surface area contributed by atoms with Crippen molar-refractivity contribution in [1.29, 1.82) is 5.26 Å². The highest BCUT2D eigenvalue weighted by atomic mass is 15.2. The number of rotatable bonds is 2. The second-order valence-corrected chi connectivity index (χ2v) is 7.41. The summed E-state index contributed by atoms with van der Waals surface area (Å²) >= 11 is 0. The number of nitriles is 1. The average molecular weight is 304 g/mol. The van der Waals surface area contributed by atoms with Gasteiger partial charge in [-0.25, -0.2) is 0 Å². The molecule has 1 aliphatic rings. The van der Waals surface area contributed by atoms with Crippen molar-refractivity contribution in [3.63, 3.8) is 0 Å². The largest absolute Gasteiger partial charge is 0.297 e. The van der Waals surface area contributed by atoms with Gasteiger partial charge >= 0.3 is 0 Å². The summed E-state index contributed by atoms with van der Waals surface area (Å²) in [5.74, 6) is 0.390. The van der Waals surface area contributed by atoms with E-state index in [1.54, 1.807) is 0 Å². The van der Waals surface area contributed by atoms with Crippen LogP contribution >= 0.6 is 0 Å². The van der Waals surface area contributed by atoms with Gasteiger partial charge in [0.15, 0.2) is 0 Å². The maximum Gasteiger partial charge on any atom is 0.0676 e. The minimum atomic E-state index is 0.0804. The van der Waals surface area contributed by atoms with E-state index < -0.39 is 0 Å². The fraction of sp³-hybridized carbons (Fsp3) is 0.381. The summed E-state index contributed by atoms with van der Waals surface area (Å²) in [6.07, 6.45) is 0. The van der Waals surface area contributed by atoms with Gasteiger partial charge in [-0.05, 0) is 37.5 Å². The van der Waals surface area contributed by atoms with Crippen molar-refractivity contribution in [2.24, 2.45) is 5.92 Å². The zero-order valence-corrected chi connectivity index (χ0v) is 14.2. The molecule has 2 heteroatoms. The summed E-state index contributed by atoms with van der Waals surface area (Å²) in [5.41, 5.74) is 3.86. The first-order chi connectivity index (χ1) is 11.0. The Hall–Kier alpha value is -2.11. The van der Waals surface area contributed by atoms with Crippen LogP contribution in [-0.4, -0.2) is 23.5 Å². The highest BCUT2D eigenvalue weighted by molar-refractivity contribution is 5.63. The fourth-order valence-corrected chi connectivity index (χ4v) is 3.37. The van der Waals surface area contributed by atoms with Gasteiger partial charge in [-0.1, -0.05) is 54.6 Å². The van der Waals surface area contributed by atoms with Gasteiger partial charge in [0.2, 0.25) is 0 Å². The van der Waals surface area contributed by atoms with Crippen LogP contribution in [0.2, 0.25) is 0 Å². The van der Waals surface area contributed by atoms with E-state index in [9.17, 15) is 5.26 Å². The van der Waals surface area contributed by atoms with E-state index in [0.717, 1.165) is 13.1 Å². The third kappa shape index (κ3) is 3.30. The molecule has 0 unspecified atom stereocenters. The lowest BCUT2D eigenvalue weighted by molar-refractivity contribution is 0.170. The van der Waals surface area contributed by atoms with Crippen LogP contribution in [0.5, 0.6) is 0 Å². The van der Waals surface area contributed by atoms with Gasteiger partial charge in [0, 0.05) is 24.5 Å². The van der Waals surface area contributed by atoms with Crippen LogP contribution in [0.1, 0.15) is 32.3 Å². The number of benzene rings is 2. The van der Waals surface area contributed by atoms with Gasteiger partial charge < -0.3 is 0 Å². The predicted octanol–water partition coefficient (Wildman–Crippen LogP) is 4.69. The van der Waals surface area contributed by atoms with E-state index in [4.69, 9.17) is 0 Å². The summed E-state index contributed by atoms with van der Waals surface area (Å²) in [7, 11) is 0. The summed E-state index contributed by atoms with van der Waals surface area (Å²) in [6, 6.07) is 21.7. The van der Waals surface area contributed by atoms with Gasteiger partial charge in [-0.2, -0.15) is 5.26 Å². The third-order valence-electron chi connectivity index (χ3n) is 4.88. The quantitative estimate of drug-likeness (QED) is 0.804. The van der Waals surface area contributed by atoms with Gasteiger partial charge in [0.1, 0.15) is 0 Å². The lowest BCUT2D eigenvalue weighted by Crippen LogP contribution is -2.39. The molecule has 1 fully saturated rings. The van der Waals surface area contributed by atoms with E-state index in [1.165, 1.54) is 16.7 Å². The van der Waals surface area contributed by atoms with Crippen molar-refractivity contribution in [2.45, 2.75) is 32.2 Å². The molecule has 3 rings (SSSR count). The first kappa shape index (κ1) is 15.8. The second-order valence-electron chi connectivity index (χ2n) is 7.41. The van der Waals surface area contributed by atoms with Gasteiger partial charge in [-0.15, -0.1) is 0 Å². The molecule has 2 aromatic carbocycles. The Morgan fingerprint density at radius 1 is 0.913 bits per heavy atom. The van der Waals surface area contributed by atoms with Crippen molar-refractivity contribution in [2.75, 3.05) is 13.1 Å². The molecule has 0 radical (unpaired) electrons. The second kappa shape index (κ2) is 6.18. The van der Waals surface area contributed by atoms with Crippen molar-refractivity contribution in [3.8, 4) is 17.2 Å². The van der Waals surface area contributed by atoms with Crippen molar-refractivity contribution in [1.82, 2.24) is 4.90 Å². The van der Waals surface area contributed by atoms with Crippen molar-refractivity contribution in [3.05, 3.63) is 60.2 Å². The fourth-order valence-electron chi connectivity index (χ4n) is 3.37. The van der Waals surface area contributed by atoms with Crippen LogP contribution in [0.25, 0.3) is 11.1 Å². The van der Waals surface area contributed by atoms with Crippen LogP contribution in [0, 0.1) is 17.2 Å². The highest BCUT2D eigenvalue weighted by Crippen LogP contribution is 2.36. The molecule has 118 valence electrons. The molecule has 0 bridgehead atoms. The van der Waals surface area contributed by atoms with Gasteiger partial charge in [0.25, 0.3) is 0 Å². The molecule has 0 aromatic heterocycles. The molecule has 2 aromatic rings. The van der Waals surface area contributed by atoms with E-state index in [0.29, 0.717) is 5.92 Å². The molecule has 0 spiro atoms. The summed E-state index contributed by atoms with van der Waals surface area (Å²) in [4.78, 5) is 2.43. The van der Waals surface area contributed by atoms with Crippen LogP contribution in [-0.2, 0) is 0 Å².